The number of primary amides is 1. The topological polar surface area (TPSA) is 43.1 Å². The highest BCUT2D eigenvalue weighted by Crippen LogP contribution is 2.32. The van der Waals surface area contributed by atoms with Crippen LogP contribution < -0.4 is 5.73 Å². The third-order valence-corrected chi connectivity index (χ3v) is 3.45. The second-order valence-electron chi connectivity index (χ2n) is 3.17. The zero-order valence-corrected chi connectivity index (χ0v) is 8.81. The van der Waals surface area contributed by atoms with Gasteiger partial charge in [0.25, 0.3) is 0 Å². The van der Waals surface area contributed by atoms with Gasteiger partial charge in [-0.2, -0.15) is 0 Å². The molecule has 0 aromatic heterocycles. The Balaban J connectivity index is 2.98. The Morgan fingerprint density at radius 2 is 2.33 bits per heavy atom. The van der Waals surface area contributed by atoms with Crippen LogP contribution in [0.15, 0.2) is 21.7 Å². The van der Waals surface area contributed by atoms with Crippen molar-refractivity contribution in [1.82, 2.24) is 0 Å². The van der Waals surface area contributed by atoms with Crippen molar-refractivity contribution in [1.29, 1.82) is 0 Å². The van der Waals surface area contributed by atoms with E-state index in [1.807, 2.05) is 13.0 Å². The Labute approximate surface area is 80.6 Å². The standard InChI is InChI=1S/C9H12BrNO/c1-5-3-7(9(11)12)4-6(2)8(5)10/h3,6H,4H2,1-2H3,(H2,11,12). The summed E-state index contributed by atoms with van der Waals surface area (Å²) in [5.74, 6) is 0.0682. The Bertz CT molecular complexity index is 278. The molecule has 0 radical (unpaired) electrons. The van der Waals surface area contributed by atoms with Crippen LogP contribution in [0.5, 0.6) is 0 Å². The first-order valence-electron chi connectivity index (χ1n) is 3.89. The van der Waals surface area contributed by atoms with Gasteiger partial charge in [0.05, 0.1) is 0 Å². The van der Waals surface area contributed by atoms with Gasteiger partial charge in [0.15, 0.2) is 0 Å². The molecule has 1 unspecified atom stereocenters. The molecule has 3 heteroatoms. The van der Waals surface area contributed by atoms with Crippen LogP contribution in [0.3, 0.4) is 0 Å². The molecular formula is C9H12BrNO. The van der Waals surface area contributed by atoms with Crippen LogP contribution in [0.4, 0.5) is 0 Å². The van der Waals surface area contributed by atoms with Gasteiger partial charge < -0.3 is 5.73 Å². The molecule has 0 aliphatic heterocycles. The summed E-state index contributed by atoms with van der Waals surface area (Å²) in [7, 11) is 0. The first-order valence-corrected chi connectivity index (χ1v) is 4.68. The third kappa shape index (κ3) is 1.78. The largest absolute Gasteiger partial charge is 0.366 e. The molecule has 0 aromatic rings. The molecule has 2 N–H and O–H groups in total. The summed E-state index contributed by atoms with van der Waals surface area (Å²) >= 11 is 3.48. The Morgan fingerprint density at radius 3 is 2.75 bits per heavy atom. The lowest BCUT2D eigenvalue weighted by Crippen LogP contribution is -2.18. The minimum absolute atomic E-state index is 0.304. The van der Waals surface area contributed by atoms with Crippen molar-refractivity contribution in [2.24, 2.45) is 11.7 Å². The zero-order chi connectivity index (χ0) is 9.30. The number of hydrogen-bond acceptors (Lipinski definition) is 1. The van der Waals surface area contributed by atoms with E-state index in [-0.39, 0.29) is 5.91 Å². The SMILES string of the molecule is CC1=C(Br)C(C)CC(C(N)=O)=C1. The van der Waals surface area contributed by atoms with E-state index in [0.717, 1.165) is 17.6 Å². The molecule has 0 heterocycles. The highest BCUT2D eigenvalue weighted by atomic mass is 79.9. The van der Waals surface area contributed by atoms with E-state index in [1.54, 1.807) is 0 Å². The molecule has 2 nitrogen and oxygen atoms in total. The fourth-order valence-corrected chi connectivity index (χ4v) is 1.65. The predicted molar refractivity (Wildman–Crippen MR) is 52.7 cm³/mol. The highest BCUT2D eigenvalue weighted by molar-refractivity contribution is 9.11. The lowest BCUT2D eigenvalue weighted by atomic mass is 9.92. The van der Waals surface area contributed by atoms with Crippen LogP contribution in [0.25, 0.3) is 0 Å². The normalized spacial score (nSPS) is 23.9. The van der Waals surface area contributed by atoms with Gasteiger partial charge in [-0.25, -0.2) is 0 Å². The molecule has 1 rings (SSSR count). The van der Waals surface area contributed by atoms with Crippen LogP contribution in [-0.4, -0.2) is 5.91 Å². The van der Waals surface area contributed by atoms with E-state index in [2.05, 4.69) is 22.9 Å². The molecule has 0 fully saturated rings. The van der Waals surface area contributed by atoms with Gasteiger partial charge in [0.2, 0.25) is 5.91 Å². The molecule has 0 aromatic carbocycles. The molecule has 1 aliphatic rings. The molecule has 12 heavy (non-hydrogen) atoms. The number of hydrogen-bond donors (Lipinski definition) is 1. The molecule has 1 aliphatic carbocycles. The molecule has 0 spiro atoms. The van der Waals surface area contributed by atoms with Crippen molar-refractivity contribution in [2.75, 3.05) is 0 Å². The summed E-state index contributed by atoms with van der Waals surface area (Å²) in [6, 6.07) is 0. The summed E-state index contributed by atoms with van der Waals surface area (Å²) in [5, 5.41) is 0. The average molecular weight is 230 g/mol. The van der Waals surface area contributed by atoms with Crippen LogP contribution >= 0.6 is 15.9 Å². The van der Waals surface area contributed by atoms with E-state index < -0.39 is 0 Å². The number of halogens is 1. The van der Waals surface area contributed by atoms with Gasteiger partial charge in [-0.15, -0.1) is 0 Å². The maximum Gasteiger partial charge on any atom is 0.244 e. The maximum absolute atomic E-state index is 10.9. The molecule has 0 bridgehead atoms. The highest BCUT2D eigenvalue weighted by Gasteiger charge is 2.18. The second kappa shape index (κ2) is 3.44. The minimum Gasteiger partial charge on any atom is -0.366 e. The predicted octanol–water partition coefficient (Wildman–Crippen LogP) is 2.11. The van der Waals surface area contributed by atoms with Gasteiger partial charge in [-0.1, -0.05) is 22.9 Å². The summed E-state index contributed by atoms with van der Waals surface area (Å²) in [6.45, 7) is 4.05. The molecule has 1 amide bonds. The van der Waals surface area contributed by atoms with Crippen molar-refractivity contribution in [3.8, 4) is 0 Å². The number of carbonyl (C=O) groups is 1. The smallest absolute Gasteiger partial charge is 0.244 e. The first kappa shape index (κ1) is 9.52. The van der Waals surface area contributed by atoms with Gasteiger partial charge in [-0.05, 0) is 30.9 Å². The molecule has 1 atom stereocenters. The lowest BCUT2D eigenvalue weighted by molar-refractivity contribution is -0.114. The quantitative estimate of drug-likeness (QED) is 0.736. The maximum atomic E-state index is 10.9. The van der Waals surface area contributed by atoms with E-state index in [4.69, 9.17) is 5.73 Å². The zero-order valence-electron chi connectivity index (χ0n) is 7.23. The lowest BCUT2D eigenvalue weighted by Gasteiger charge is -2.18. The number of allylic oxidation sites excluding steroid dienone is 3. The van der Waals surface area contributed by atoms with Gasteiger partial charge in [0.1, 0.15) is 0 Å². The van der Waals surface area contributed by atoms with Crippen molar-refractivity contribution >= 4 is 21.8 Å². The fourth-order valence-electron chi connectivity index (χ4n) is 1.37. The molecular weight excluding hydrogens is 218 g/mol. The molecule has 0 saturated heterocycles. The van der Waals surface area contributed by atoms with Crippen molar-refractivity contribution in [3.05, 3.63) is 21.7 Å². The van der Waals surface area contributed by atoms with E-state index >= 15 is 0 Å². The summed E-state index contributed by atoms with van der Waals surface area (Å²) in [4.78, 5) is 10.9. The Hall–Kier alpha value is -0.570. The number of nitrogens with two attached hydrogens (primary N) is 1. The number of rotatable bonds is 1. The van der Waals surface area contributed by atoms with Gasteiger partial charge in [0, 0.05) is 10.1 Å². The number of amides is 1. The van der Waals surface area contributed by atoms with Crippen LogP contribution in [0, 0.1) is 5.92 Å². The van der Waals surface area contributed by atoms with E-state index in [0.29, 0.717) is 5.92 Å². The van der Waals surface area contributed by atoms with E-state index in [1.165, 1.54) is 4.48 Å². The first-order chi connectivity index (χ1) is 5.52. The molecule has 66 valence electrons. The summed E-state index contributed by atoms with van der Waals surface area (Å²) in [6.07, 6.45) is 2.60. The van der Waals surface area contributed by atoms with Crippen molar-refractivity contribution in [3.63, 3.8) is 0 Å². The summed E-state index contributed by atoms with van der Waals surface area (Å²) < 4.78 is 1.17. The van der Waals surface area contributed by atoms with E-state index in [9.17, 15) is 4.79 Å². The Kier molecular flexibility index (Phi) is 2.73. The van der Waals surface area contributed by atoms with Crippen LogP contribution in [0.1, 0.15) is 20.3 Å². The second-order valence-corrected chi connectivity index (χ2v) is 4.02. The summed E-state index contributed by atoms with van der Waals surface area (Å²) in [5.41, 5.74) is 7.02. The third-order valence-electron chi connectivity index (χ3n) is 2.04. The fraction of sp³-hybridized carbons (Fsp3) is 0.444. The Morgan fingerprint density at radius 1 is 1.75 bits per heavy atom. The van der Waals surface area contributed by atoms with Crippen LogP contribution in [0.2, 0.25) is 0 Å². The van der Waals surface area contributed by atoms with Crippen molar-refractivity contribution in [2.45, 2.75) is 20.3 Å². The minimum atomic E-state index is -0.304. The number of carbonyl (C=O) groups excluding carboxylic acids is 1. The van der Waals surface area contributed by atoms with Gasteiger partial charge >= 0.3 is 0 Å². The van der Waals surface area contributed by atoms with Crippen LogP contribution in [-0.2, 0) is 4.79 Å². The van der Waals surface area contributed by atoms with Gasteiger partial charge in [-0.3, -0.25) is 4.79 Å². The monoisotopic (exact) mass is 229 g/mol. The average Bonchev–Trinajstić information content (AvgIpc) is 1.99. The van der Waals surface area contributed by atoms with Crippen molar-refractivity contribution < 1.29 is 4.79 Å². The molecule has 0 saturated carbocycles.